The summed E-state index contributed by atoms with van der Waals surface area (Å²) >= 11 is 0. The van der Waals surface area contributed by atoms with Crippen LogP contribution in [0.5, 0.6) is 0 Å². The van der Waals surface area contributed by atoms with Gasteiger partial charge in [0.15, 0.2) is 0 Å². The third-order valence-corrected chi connectivity index (χ3v) is 7.77. The summed E-state index contributed by atoms with van der Waals surface area (Å²) in [4.78, 5) is 11.5. The minimum Gasteiger partial charge on any atom is -0.367 e. The van der Waals surface area contributed by atoms with Crippen molar-refractivity contribution in [3.63, 3.8) is 0 Å². The molecule has 1 fully saturated rings. The zero-order valence-electron chi connectivity index (χ0n) is 19.0. The number of hydrogen-bond acceptors (Lipinski definition) is 6. The van der Waals surface area contributed by atoms with Gasteiger partial charge in [-0.3, -0.25) is 4.57 Å². The number of pyridine rings is 2. The first-order chi connectivity index (χ1) is 14.9. The second-order valence-corrected chi connectivity index (χ2v) is 15.1. The molecule has 0 bridgehead atoms. The van der Waals surface area contributed by atoms with Crippen molar-refractivity contribution in [3.05, 3.63) is 30.2 Å². The van der Waals surface area contributed by atoms with Crippen molar-refractivity contribution in [2.75, 3.05) is 31.1 Å². The fourth-order valence-corrected chi connectivity index (χ4v) is 5.13. The molecule has 3 aromatic heterocycles. The van der Waals surface area contributed by atoms with Crippen LogP contribution in [0.15, 0.2) is 24.5 Å². The van der Waals surface area contributed by atoms with Crippen LogP contribution in [0.1, 0.15) is 19.0 Å². The van der Waals surface area contributed by atoms with Gasteiger partial charge in [0.2, 0.25) is 0 Å². The van der Waals surface area contributed by atoms with Crippen LogP contribution in [-0.4, -0.2) is 54.9 Å². The Kier molecular flexibility index (Phi) is 6.28. The highest BCUT2D eigenvalue weighted by Gasteiger charge is 2.25. The number of nitrogens with zero attached hydrogens (tertiary/aromatic N) is 5. The fourth-order valence-electron chi connectivity index (χ4n) is 4.38. The Hall–Kier alpha value is -2.47. The van der Waals surface area contributed by atoms with Crippen molar-refractivity contribution in [2.24, 2.45) is 0 Å². The minimum absolute atomic E-state index is 0.423. The van der Waals surface area contributed by atoms with Gasteiger partial charge in [0.1, 0.15) is 24.1 Å². The number of hydrogen-bond donors (Lipinski definition) is 1. The Balaban J connectivity index is 1.81. The lowest BCUT2D eigenvalue weighted by molar-refractivity contribution is 0.0925. The van der Waals surface area contributed by atoms with Gasteiger partial charge < -0.3 is 15.0 Å². The van der Waals surface area contributed by atoms with E-state index in [0.29, 0.717) is 18.5 Å². The zero-order chi connectivity index (χ0) is 22.0. The van der Waals surface area contributed by atoms with Crippen molar-refractivity contribution < 1.29 is 4.74 Å². The standard InChI is InChI=1S/C23H32N6OSi/c1-5-28(18-6-8-25-14-18)20-7-9-26-23-22(20)19-12-17(13-24)27-15-21(19)29(23)16-30-10-11-31(2,3)4/h7,9,12,15,18,25H,5-6,8,10-11,14,16H2,1-4H3/t18-/m0/s1. The summed E-state index contributed by atoms with van der Waals surface area (Å²) in [6, 6.07) is 7.76. The molecule has 0 saturated carbocycles. The van der Waals surface area contributed by atoms with Gasteiger partial charge in [-0.2, -0.15) is 5.26 Å². The molecule has 0 spiro atoms. The predicted octanol–water partition coefficient (Wildman–Crippen LogP) is 3.96. The molecule has 1 N–H and O–H groups in total. The molecule has 164 valence electrons. The number of aromatic nitrogens is 3. The van der Waals surface area contributed by atoms with Crippen LogP contribution in [0.4, 0.5) is 5.69 Å². The van der Waals surface area contributed by atoms with Crippen molar-refractivity contribution in [3.8, 4) is 6.07 Å². The molecule has 0 aromatic carbocycles. The van der Waals surface area contributed by atoms with Crippen molar-refractivity contribution in [1.82, 2.24) is 19.9 Å². The molecule has 8 heteroatoms. The number of ether oxygens (including phenoxy) is 1. The first-order valence-corrected chi connectivity index (χ1v) is 14.9. The van der Waals surface area contributed by atoms with Crippen LogP contribution < -0.4 is 10.2 Å². The third-order valence-electron chi connectivity index (χ3n) is 6.06. The predicted molar refractivity (Wildman–Crippen MR) is 128 cm³/mol. The van der Waals surface area contributed by atoms with Crippen molar-refractivity contribution >= 4 is 35.7 Å². The summed E-state index contributed by atoms with van der Waals surface area (Å²) in [5.74, 6) is 0. The number of nitriles is 1. The fraction of sp³-hybridized carbons (Fsp3) is 0.522. The second kappa shape index (κ2) is 8.95. The van der Waals surface area contributed by atoms with Gasteiger partial charge in [0, 0.05) is 45.4 Å². The van der Waals surface area contributed by atoms with E-state index in [9.17, 15) is 5.26 Å². The van der Waals surface area contributed by atoms with Crippen LogP contribution in [-0.2, 0) is 11.5 Å². The second-order valence-electron chi connectivity index (χ2n) is 9.44. The Labute approximate surface area is 185 Å². The smallest absolute Gasteiger partial charge is 0.145 e. The maximum absolute atomic E-state index is 9.45. The SMILES string of the molecule is CCN(c1ccnc2c1c1cc(C#N)ncc1n2COCC[Si](C)(C)C)[C@H]1CCNC1. The van der Waals surface area contributed by atoms with E-state index < -0.39 is 8.07 Å². The van der Waals surface area contributed by atoms with Gasteiger partial charge >= 0.3 is 0 Å². The summed E-state index contributed by atoms with van der Waals surface area (Å²) in [6.45, 7) is 13.4. The first-order valence-electron chi connectivity index (χ1n) is 11.1. The lowest BCUT2D eigenvalue weighted by Crippen LogP contribution is -2.36. The summed E-state index contributed by atoms with van der Waals surface area (Å²) in [7, 11) is -1.15. The molecule has 1 atom stereocenters. The van der Waals surface area contributed by atoms with Gasteiger partial charge in [0.05, 0.1) is 22.8 Å². The molecule has 4 rings (SSSR count). The molecule has 1 saturated heterocycles. The number of nitrogens with one attached hydrogen (secondary N) is 1. The van der Waals surface area contributed by atoms with Gasteiger partial charge in [-0.1, -0.05) is 19.6 Å². The van der Waals surface area contributed by atoms with E-state index in [1.54, 1.807) is 6.20 Å². The Morgan fingerprint density at radius 3 is 2.87 bits per heavy atom. The molecule has 7 nitrogen and oxygen atoms in total. The molecule has 0 radical (unpaired) electrons. The largest absolute Gasteiger partial charge is 0.367 e. The number of rotatable bonds is 8. The average Bonchev–Trinajstić information content (AvgIpc) is 3.38. The Morgan fingerprint density at radius 2 is 2.19 bits per heavy atom. The number of anilines is 1. The van der Waals surface area contributed by atoms with Gasteiger partial charge in [0.25, 0.3) is 0 Å². The number of fused-ring (bicyclic) bond motifs is 3. The molecule has 31 heavy (non-hydrogen) atoms. The molecule has 1 aliphatic rings. The number of likely N-dealkylation sites (N-methyl/N-ethyl adjacent to an activating group) is 1. The Morgan fingerprint density at radius 1 is 1.35 bits per heavy atom. The molecule has 0 amide bonds. The van der Waals surface area contributed by atoms with E-state index in [4.69, 9.17) is 9.72 Å². The minimum atomic E-state index is -1.15. The molecule has 1 aliphatic heterocycles. The molecular weight excluding hydrogens is 404 g/mol. The highest BCUT2D eigenvalue weighted by molar-refractivity contribution is 6.76. The maximum Gasteiger partial charge on any atom is 0.145 e. The average molecular weight is 437 g/mol. The maximum atomic E-state index is 9.45. The van der Waals surface area contributed by atoms with E-state index in [1.807, 2.05) is 12.3 Å². The summed E-state index contributed by atoms with van der Waals surface area (Å²) in [5.41, 5.74) is 3.44. The van der Waals surface area contributed by atoms with Gasteiger partial charge in [-0.05, 0) is 38.1 Å². The van der Waals surface area contributed by atoms with Crippen molar-refractivity contribution in [2.45, 2.75) is 51.8 Å². The van der Waals surface area contributed by atoms with E-state index in [2.05, 4.69) is 58.5 Å². The van der Waals surface area contributed by atoms with E-state index >= 15 is 0 Å². The first kappa shape index (κ1) is 21.7. The van der Waals surface area contributed by atoms with E-state index in [0.717, 1.165) is 60.6 Å². The topological polar surface area (TPSA) is 79.0 Å². The Bertz CT molecular complexity index is 1110. The molecule has 0 unspecified atom stereocenters. The highest BCUT2D eigenvalue weighted by atomic mass is 28.3. The molecule has 3 aromatic rings. The third kappa shape index (κ3) is 4.44. The van der Waals surface area contributed by atoms with Crippen LogP contribution in [0.3, 0.4) is 0 Å². The van der Waals surface area contributed by atoms with Gasteiger partial charge in [-0.25, -0.2) is 9.97 Å². The van der Waals surface area contributed by atoms with Crippen LogP contribution in [0.2, 0.25) is 25.7 Å². The van der Waals surface area contributed by atoms with Crippen molar-refractivity contribution in [1.29, 1.82) is 5.26 Å². The van der Waals surface area contributed by atoms with E-state index in [-0.39, 0.29) is 0 Å². The lowest BCUT2D eigenvalue weighted by atomic mass is 10.1. The summed E-state index contributed by atoms with van der Waals surface area (Å²) in [6.07, 6.45) is 4.80. The molecule has 0 aliphatic carbocycles. The van der Waals surface area contributed by atoms with Crippen LogP contribution in [0.25, 0.3) is 21.9 Å². The van der Waals surface area contributed by atoms with Gasteiger partial charge in [-0.15, -0.1) is 0 Å². The monoisotopic (exact) mass is 436 g/mol. The molecular formula is C23H32N6OSi. The molecule has 4 heterocycles. The summed E-state index contributed by atoms with van der Waals surface area (Å²) < 4.78 is 8.20. The van der Waals surface area contributed by atoms with Crippen LogP contribution in [0, 0.1) is 11.3 Å². The normalized spacial score (nSPS) is 16.8. The van der Waals surface area contributed by atoms with Crippen LogP contribution >= 0.6 is 0 Å². The quantitative estimate of drug-likeness (QED) is 0.425. The van der Waals surface area contributed by atoms with E-state index in [1.165, 1.54) is 5.69 Å². The highest BCUT2D eigenvalue weighted by Crippen LogP contribution is 2.36. The summed E-state index contributed by atoms with van der Waals surface area (Å²) in [5, 5.41) is 15.0. The zero-order valence-corrected chi connectivity index (χ0v) is 20.0. The lowest BCUT2D eigenvalue weighted by Gasteiger charge is -2.30.